The summed E-state index contributed by atoms with van der Waals surface area (Å²) in [6.45, 7) is 7.89. The highest BCUT2D eigenvalue weighted by Gasteiger charge is 2.22. The van der Waals surface area contributed by atoms with Gasteiger partial charge in [-0.25, -0.2) is 0 Å². The average molecular weight is 325 g/mol. The van der Waals surface area contributed by atoms with E-state index in [1.54, 1.807) is 0 Å². The van der Waals surface area contributed by atoms with Gasteiger partial charge in [0.05, 0.1) is 0 Å². The van der Waals surface area contributed by atoms with Gasteiger partial charge in [0, 0.05) is 29.6 Å². The van der Waals surface area contributed by atoms with Crippen molar-refractivity contribution >= 4 is 15.9 Å². The molecule has 19 heavy (non-hydrogen) atoms. The summed E-state index contributed by atoms with van der Waals surface area (Å²) in [6.07, 6.45) is 4.05. The van der Waals surface area contributed by atoms with Crippen LogP contribution in [0.1, 0.15) is 38.7 Å². The molecule has 1 fully saturated rings. The van der Waals surface area contributed by atoms with Gasteiger partial charge >= 0.3 is 0 Å². The molecule has 0 radical (unpaired) electrons. The normalized spacial score (nSPS) is 20.9. The summed E-state index contributed by atoms with van der Waals surface area (Å²) < 4.78 is 1.16. The van der Waals surface area contributed by atoms with E-state index < -0.39 is 0 Å². The number of benzene rings is 1. The number of likely N-dealkylation sites (tertiary alicyclic amines) is 1. The smallest absolute Gasteiger partial charge is 0.0237 e. The molecular weight excluding hydrogens is 300 g/mol. The Morgan fingerprint density at radius 1 is 1.26 bits per heavy atom. The largest absolute Gasteiger partial charge is 0.313 e. The standard InChI is InChI=1S/C16H25BrN2/c1-13(2)18-11-16-5-3-4-10-19(16)12-14-6-8-15(17)9-7-14/h6-9,13,16,18H,3-5,10-12H2,1-2H3. The van der Waals surface area contributed by atoms with Gasteiger partial charge < -0.3 is 5.32 Å². The molecule has 0 spiro atoms. The highest BCUT2D eigenvalue weighted by molar-refractivity contribution is 9.10. The van der Waals surface area contributed by atoms with Gasteiger partial charge in [0.2, 0.25) is 0 Å². The van der Waals surface area contributed by atoms with Crippen LogP contribution in [0.5, 0.6) is 0 Å². The molecule has 2 rings (SSSR count). The minimum absolute atomic E-state index is 0.580. The number of nitrogens with zero attached hydrogens (tertiary/aromatic N) is 1. The topological polar surface area (TPSA) is 15.3 Å². The van der Waals surface area contributed by atoms with E-state index >= 15 is 0 Å². The van der Waals surface area contributed by atoms with Crippen molar-refractivity contribution in [2.75, 3.05) is 13.1 Å². The monoisotopic (exact) mass is 324 g/mol. The molecule has 1 saturated heterocycles. The SMILES string of the molecule is CC(C)NCC1CCCCN1Cc1ccc(Br)cc1. The van der Waals surface area contributed by atoms with Crippen LogP contribution in [0.4, 0.5) is 0 Å². The average Bonchev–Trinajstić information content (AvgIpc) is 2.40. The van der Waals surface area contributed by atoms with Gasteiger partial charge in [0.1, 0.15) is 0 Å². The van der Waals surface area contributed by atoms with Crippen LogP contribution in [0, 0.1) is 0 Å². The summed E-state index contributed by atoms with van der Waals surface area (Å²) in [5.41, 5.74) is 1.42. The van der Waals surface area contributed by atoms with Crippen molar-refractivity contribution in [3.63, 3.8) is 0 Å². The summed E-state index contributed by atoms with van der Waals surface area (Å²) >= 11 is 3.50. The first-order valence-corrected chi connectivity index (χ1v) is 8.16. The van der Waals surface area contributed by atoms with Gasteiger partial charge in [-0.1, -0.05) is 48.3 Å². The minimum atomic E-state index is 0.580. The molecule has 0 saturated carbocycles. The first-order chi connectivity index (χ1) is 9.15. The molecule has 1 atom stereocenters. The van der Waals surface area contributed by atoms with E-state index in [2.05, 4.69) is 64.3 Å². The third kappa shape index (κ3) is 4.90. The van der Waals surface area contributed by atoms with Crippen molar-refractivity contribution in [2.45, 2.75) is 51.7 Å². The van der Waals surface area contributed by atoms with Crippen LogP contribution in [-0.2, 0) is 6.54 Å². The number of piperidine rings is 1. The van der Waals surface area contributed by atoms with Crippen molar-refractivity contribution in [2.24, 2.45) is 0 Å². The van der Waals surface area contributed by atoms with E-state index in [4.69, 9.17) is 0 Å². The van der Waals surface area contributed by atoms with Crippen LogP contribution in [-0.4, -0.2) is 30.1 Å². The molecule has 2 nitrogen and oxygen atoms in total. The van der Waals surface area contributed by atoms with Gasteiger partial charge in [-0.15, -0.1) is 0 Å². The molecule has 0 aliphatic carbocycles. The van der Waals surface area contributed by atoms with Gasteiger partial charge in [-0.3, -0.25) is 4.90 Å². The molecule has 0 amide bonds. The van der Waals surface area contributed by atoms with Crippen molar-refractivity contribution < 1.29 is 0 Å². The van der Waals surface area contributed by atoms with Crippen LogP contribution in [0.15, 0.2) is 28.7 Å². The minimum Gasteiger partial charge on any atom is -0.313 e. The summed E-state index contributed by atoms with van der Waals surface area (Å²) in [6, 6.07) is 10.0. The van der Waals surface area contributed by atoms with Crippen molar-refractivity contribution in [3.8, 4) is 0 Å². The quantitative estimate of drug-likeness (QED) is 0.886. The van der Waals surface area contributed by atoms with Crippen molar-refractivity contribution in [3.05, 3.63) is 34.3 Å². The fourth-order valence-electron chi connectivity index (χ4n) is 2.70. The first kappa shape index (κ1) is 15.0. The fraction of sp³-hybridized carbons (Fsp3) is 0.625. The molecule has 1 unspecified atom stereocenters. The van der Waals surface area contributed by atoms with Crippen LogP contribution in [0.3, 0.4) is 0 Å². The molecule has 0 bridgehead atoms. The Kier molecular flexibility index (Phi) is 5.86. The lowest BCUT2D eigenvalue weighted by Crippen LogP contribution is -2.46. The lowest BCUT2D eigenvalue weighted by Gasteiger charge is -2.36. The Morgan fingerprint density at radius 3 is 2.68 bits per heavy atom. The summed E-state index contributed by atoms with van der Waals surface area (Å²) in [5.74, 6) is 0. The maximum absolute atomic E-state index is 3.59. The van der Waals surface area contributed by atoms with E-state index in [0.29, 0.717) is 12.1 Å². The lowest BCUT2D eigenvalue weighted by molar-refractivity contribution is 0.136. The fourth-order valence-corrected chi connectivity index (χ4v) is 2.96. The Labute approximate surface area is 125 Å². The van der Waals surface area contributed by atoms with Gasteiger partial charge in [0.25, 0.3) is 0 Å². The first-order valence-electron chi connectivity index (χ1n) is 7.37. The molecule has 1 aliphatic rings. The molecule has 1 aliphatic heterocycles. The highest BCUT2D eigenvalue weighted by Crippen LogP contribution is 2.20. The zero-order valence-corrected chi connectivity index (χ0v) is 13.6. The second-order valence-electron chi connectivity index (χ2n) is 5.81. The van der Waals surface area contributed by atoms with Gasteiger partial charge in [-0.2, -0.15) is 0 Å². The van der Waals surface area contributed by atoms with Crippen LogP contribution in [0.2, 0.25) is 0 Å². The maximum atomic E-state index is 3.59. The molecular formula is C16H25BrN2. The van der Waals surface area contributed by atoms with Crippen LogP contribution >= 0.6 is 15.9 Å². The second-order valence-corrected chi connectivity index (χ2v) is 6.73. The molecule has 0 aromatic heterocycles. The Balaban J connectivity index is 1.93. The van der Waals surface area contributed by atoms with Crippen molar-refractivity contribution in [1.82, 2.24) is 10.2 Å². The zero-order chi connectivity index (χ0) is 13.7. The Bertz CT molecular complexity index is 375. The van der Waals surface area contributed by atoms with E-state index in [-0.39, 0.29) is 0 Å². The number of rotatable bonds is 5. The third-order valence-electron chi connectivity index (χ3n) is 3.81. The van der Waals surface area contributed by atoms with Crippen LogP contribution < -0.4 is 5.32 Å². The Hall–Kier alpha value is -0.380. The predicted octanol–water partition coefficient (Wildman–Crippen LogP) is 3.80. The van der Waals surface area contributed by atoms with Gasteiger partial charge in [-0.05, 0) is 37.1 Å². The molecule has 1 aromatic rings. The zero-order valence-electron chi connectivity index (χ0n) is 12.0. The predicted molar refractivity (Wildman–Crippen MR) is 85.3 cm³/mol. The van der Waals surface area contributed by atoms with E-state index in [0.717, 1.165) is 17.6 Å². The molecule has 1 N–H and O–H groups in total. The molecule has 1 heterocycles. The molecule has 3 heteroatoms. The number of halogens is 1. The Morgan fingerprint density at radius 2 is 2.00 bits per heavy atom. The van der Waals surface area contributed by atoms with E-state index in [9.17, 15) is 0 Å². The van der Waals surface area contributed by atoms with E-state index in [1.807, 2.05) is 0 Å². The van der Waals surface area contributed by atoms with E-state index in [1.165, 1.54) is 31.4 Å². The summed E-state index contributed by atoms with van der Waals surface area (Å²) in [5, 5.41) is 3.59. The number of nitrogens with one attached hydrogen (secondary N) is 1. The second kappa shape index (κ2) is 7.41. The third-order valence-corrected chi connectivity index (χ3v) is 4.34. The summed E-state index contributed by atoms with van der Waals surface area (Å²) in [7, 11) is 0. The van der Waals surface area contributed by atoms with Crippen LogP contribution in [0.25, 0.3) is 0 Å². The number of hydrogen-bond acceptors (Lipinski definition) is 2. The van der Waals surface area contributed by atoms with Crippen molar-refractivity contribution in [1.29, 1.82) is 0 Å². The van der Waals surface area contributed by atoms with Gasteiger partial charge in [0.15, 0.2) is 0 Å². The number of hydrogen-bond donors (Lipinski definition) is 1. The molecule has 1 aromatic carbocycles. The summed E-state index contributed by atoms with van der Waals surface area (Å²) in [4.78, 5) is 2.64. The highest BCUT2D eigenvalue weighted by atomic mass is 79.9. The lowest BCUT2D eigenvalue weighted by atomic mass is 10.0. The maximum Gasteiger partial charge on any atom is 0.0237 e. The molecule has 106 valence electrons.